The number of benzene rings is 2. The summed E-state index contributed by atoms with van der Waals surface area (Å²) in [5, 5.41) is 0. The molecular weight excluding hydrogens is 332 g/mol. The van der Waals surface area contributed by atoms with E-state index in [1.165, 1.54) is 16.8 Å². The predicted octanol–water partition coefficient (Wildman–Crippen LogP) is 4.89. The van der Waals surface area contributed by atoms with E-state index in [-0.39, 0.29) is 0 Å². The molecule has 1 unspecified atom stereocenters. The van der Waals surface area contributed by atoms with E-state index in [1.807, 2.05) is 0 Å². The SMILES string of the molecule is CCN(Cc1ccccc1)c1cc(C)nc(N2c3ccccc3CC2C)n1. The number of aryl methyl sites for hydroxylation is 1. The van der Waals surface area contributed by atoms with Crippen LogP contribution in [0.15, 0.2) is 60.7 Å². The molecule has 4 heteroatoms. The van der Waals surface area contributed by atoms with E-state index in [1.54, 1.807) is 0 Å². The number of hydrogen-bond acceptors (Lipinski definition) is 4. The van der Waals surface area contributed by atoms with Gasteiger partial charge in [-0.2, -0.15) is 4.98 Å². The smallest absolute Gasteiger partial charge is 0.232 e. The van der Waals surface area contributed by atoms with Crippen molar-refractivity contribution in [2.75, 3.05) is 16.3 Å². The first-order valence-corrected chi connectivity index (χ1v) is 9.67. The standard InChI is InChI=1S/C23H26N4/c1-4-26(16-19-10-6-5-7-11-19)22-14-17(2)24-23(25-22)27-18(3)15-20-12-8-9-13-21(20)27/h5-14,18H,4,15-16H2,1-3H3. The summed E-state index contributed by atoms with van der Waals surface area (Å²) >= 11 is 0. The molecule has 4 rings (SSSR count). The molecule has 138 valence electrons. The largest absolute Gasteiger partial charge is 0.352 e. The zero-order valence-electron chi connectivity index (χ0n) is 16.3. The van der Waals surface area contributed by atoms with E-state index in [0.29, 0.717) is 6.04 Å². The molecule has 0 spiro atoms. The van der Waals surface area contributed by atoms with Crippen LogP contribution in [-0.4, -0.2) is 22.6 Å². The number of para-hydroxylation sites is 1. The van der Waals surface area contributed by atoms with Crippen LogP contribution >= 0.6 is 0 Å². The van der Waals surface area contributed by atoms with Crippen LogP contribution in [0.5, 0.6) is 0 Å². The van der Waals surface area contributed by atoms with Crippen molar-refractivity contribution in [3.8, 4) is 0 Å². The minimum atomic E-state index is 0.362. The summed E-state index contributed by atoms with van der Waals surface area (Å²) < 4.78 is 0. The molecule has 0 saturated carbocycles. The molecule has 2 aromatic carbocycles. The minimum Gasteiger partial charge on any atom is -0.352 e. The van der Waals surface area contributed by atoms with Crippen LogP contribution in [-0.2, 0) is 13.0 Å². The summed E-state index contributed by atoms with van der Waals surface area (Å²) in [6.45, 7) is 8.22. The van der Waals surface area contributed by atoms with Crippen LogP contribution in [0.4, 0.5) is 17.5 Å². The fraction of sp³-hybridized carbons (Fsp3) is 0.304. The molecule has 0 N–H and O–H groups in total. The Morgan fingerprint density at radius 2 is 1.78 bits per heavy atom. The second kappa shape index (κ2) is 7.39. The van der Waals surface area contributed by atoms with E-state index in [9.17, 15) is 0 Å². The highest BCUT2D eigenvalue weighted by molar-refractivity contribution is 5.67. The van der Waals surface area contributed by atoms with Crippen LogP contribution in [0.1, 0.15) is 30.7 Å². The van der Waals surface area contributed by atoms with Crippen LogP contribution < -0.4 is 9.80 Å². The van der Waals surface area contributed by atoms with Crippen molar-refractivity contribution in [2.24, 2.45) is 0 Å². The fourth-order valence-corrected chi connectivity index (χ4v) is 3.84. The maximum Gasteiger partial charge on any atom is 0.232 e. The van der Waals surface area contributed by atoms with Gasteiger partial charge in [-0.15, -0.1) is 0 Å². The predicted molar refractivity (Wildman–Crippen MR) is 112 cm³/mol. The van der Waals surface area contributed by atoms with Gasteiger partial charge >= 0.3 is 0 Å². The zero-order valence-corrected chi connectivity index (χ0v) is 16.3. The van der Waals surface area contributed by atoms with Gasteiger partial charge < -0.3 is 9.80 Å². The van der Waals surface area contributed by atoms with Gasteiger partial charge in [-0.25, -0.2) is 4.98 Å². The highest BCUT2D eigenvalue weighted by Gasteiger charge is 2.29. The number of hydrogen-bond donors (Lipinski definition) is 0. The van der Waals surface area contributed by atoms with Crippen LogP contribution in [0.3, 0.4) is 0 Å². The van der Waals surface area contributed by atoms with Gasteiger partial charge in [0.15, 0.2) is 0 Å². The van der Waals surface area contributed by atoms with E-state index in [4.69, 9.17) is 9.97 Å². The van der Waals surface area contributed by atoms with Crippen molar-refractivity contribution in [3.63, 3.8) is 0 Å². The Bertz CT molecular complexity index is 923. The summed E-state index contributed by atoms with van der Waals surface area (Å²) in [5.74, 6) is 1.79. The van der Waals surface area contributed by atoms with Crippen molar-refractivity contribution in [1.82, 2.24) is 9.97 Å². The molecule has 0 aliphatic carbocycles. The molecule has 1 aromatic heterocycles. The highest BCUT2D eigenvalue weighted by atomic mass is 15.3. The molecule has 2 heterocycles. The number of rotatable bonds is 5. The van der Waals surface area contributed by atoms with Gasteiger partial charge in [0.1, 0.15) is 5.82 Å². The van der Waals surface area contributed by atoms with Crippen molar-refractivity contribution < 1.29 is 0 Å². The first-order chi connectivity index (χ1) is 13.2. The van der Waals surface area contributed by atoms with E-state index in [2.05, 4.69) is 91.2 Å². The number of nitrogens with zero attached hydrogens (tertiary/aromatic N) is 4. The summed E-state index contributed by atoms with van der Waals surface area (Å²) in [7, 11) is 0. The lowest BCUT2D eigenvalue weighted by Crippen LogP contribution is -2.28. The van der Waals surface area contributed by atoms with Gasteiger partial charge in [0, 0.05) is 36.6 Å². The number of fused-ring (bicyclic) bond motifs is 1. The molecule has 0 amide bonds. The molecule has 27 heavy (non-hydrogen) atoms. The molecule has 0 saturated heterocycles. The summed E-state index contributed by atoms with van der Waals surface area (Å²) in [5.41, 5.74) is 4.89. The highest BCUT2D eigenvalue weighted by Crippen LogP contribution is 2.37. The maximum atomic E-state index is 4.97. The first kappa shape index (κ1) is 17.5. The third-order valence-electron chi connectivity index (χ3n) is 5.17. The molecule has 4 nitrogen and oxygen atoms in total. The van der Waals surface area contributed by atoms with Crippen molar-refractivity contribution in [2.45, 2.75) is 39.8 Å². The van der Waals surface area contributed by atoms with E-state index >= 15 is 0 Å². The second-order valence-corrected chi connectivity index (χ2v) is 7.22. The van der Waals surface area contributed by atoms with Gasteiger partial charge in [0.25, 0.3) is 0 Å². The van der Waals surface area contributed by atoms with Crippen molar-refractivity contribution in [1.29, 1.82) is 0 Å². The van der Waals surface area contributed by atoms with Gasteiger partial charge in [0.05, 0.1) is 0 Å². The molecule has 1 atom stereocenters. The molecular formula is C23H26N4. The minimum absolute atomic E-state index is 0.362. The Hall–Kier alpha value is -2.88. The first-order valence-electron chi connectivity index (χ1n) is 9.67. The number of aromatic nitrogens is 2. The quantitative estimate of drug-likeness (QED) is 0.650. The van der Waals surface area contributed by atoms with Crippen LogP contribution in [0.25, 0.3) is 0 Å². The lowest BCUT2D eigenvalue weighted by Gasteiger charge is -2.27. The van der Waals surface area contributed by atoms with Gasteiger partial charge in [-0.05, 0) is 44.4 Å². The van der Waals surface area contributed by atoms with Gasteiger partial charge in [-0.3, -0.25) is 0 Å². The Kier molecular flexibility index (Phi) is 4.80. The van der Waals surface area contributed by atoms with Crippen LogP contribution in [0.2, 0.25) is 0 Å². The van der Waals surface area contributed by atoms with E-state index in [0.717, 1.165) is 37.0 Å². The van der Waals surface area contributed by atoms with Gasteiger partial charge in [0.2, 0.25) is 5.95 Å². The third kappa shape index (κ3) is 3.52. The zero-order chi connectivity index (χ0) is 18.8. The molecule has 0 bridgehead atoms. The van der Waals surface area contributed by atoms with Crippen molar-refractivity contribution >= 4 is 17.5 Å². The molecule has 3 aromatic rings. The van der Waals surface area contributed by atoms with E-state index < -0.39 is 0 Å². The third-order valence-corrected chi connectivity index (χ3v) is 5.17. The normalized spacial score (nSPS) is 15.7. The Balaban J connectivity index is 1.69. The fourth-order valence-electron chi connectivity index (χ4n) is 3.84. The second-order valence-electron chi connectivity index (χ2n) is 7.22. The molecule has 1 aliphatic rings. The lowest BCUT2D eigenvalue weighted by atomic mass is 10.1. The van der Waals surface area contributed by atoms with Crippen LogP contribution in [0, 0.1) is 6.92 Å². The molecule has 0 radical (unpaired) electrons. The summed E-state index contributed by atoms with van der Waals surface area (Å²) in [4.78, 5) is 14.3. The topological polar surface area (TPSA) is 32.3 Å². The van der Waals surface area contributed by atoms with Gasteiger partial charge in [-0.1, -0.05) is 48.5 Å². The average molecular weight is 358 g/mol. The monoisotopic (exact) mass is 358 g/mol. The van der Waals surface area contributed by atoms with Crippen molar-refractivity contribution in [3.05, 3.63) is 77.5 Å². The maximum absolute atomic E-state index is 4.97. The Morgan fingerprint density at radius 3 is 2.56 bits per heavy atom. The number of anilines is 3. The lowest BCUT2D eigenvalue weighted by molar-refractivity contribution is 0.732. The summed E-state index contributed by atoms with van der Waals surface area (Å²) in [6, 6.07) is 21.6. The average Bonchev–Trinajstić information content (AvgIpc) is 3.02. The summed E-state index contributed by atoms with van der Waals surface area (Å²) in [6.07, 6.45) is 1.03. The molecule has 1 aliphatic heterocycles. The Labute approximate surface area is 161 Å². The molecule has 0 fully saturated rings. The Morgan fingerprint density at radius 1 is 1.04 bits per heavy atom.